The molecule has 208 valence electrons. The number of aliphatic hydroxyl groups excluding tert-OH is 2. The van der Waals surface area contributed by atoms with Gasteiger partial charge in [0, 0.05) is 11.8 Å². The summed E-state index contributed by atoms with van der Waals surface area (Å²) in [6.07, 6.45) is -1.10. The predicted molar refractivity (Wildman–Crippen MR) is 135 cm³/mol. The minimum atomic E-state index is -1.32. The Balaban J connectivity index is 2.14. The summed E-state index contributed by atoms with van der Waals surface area (Å²) < 4.78 is 9.36. The zero-order valence-electron chi connectivity index (χ0n) is 21.2. The normalized spacial score (nSPS) is 14.9. The van der Waals surface area contributed by atoms with Crippen LogP contribution in [0.5, 0.6) is 0 Å². The van der Waals surface area contributed by atoms with Gasteiger partial charge in [-0.15, -0.1) is 0 Å². The molecule has 0 bridgehead atoms. The van der Waals surface area contributed by atoms with E-state index in [2.05, 4.69) is 9.47 Å². The fraction of sp³-hybridized carbons (Fsp3) is 0.214. The average molecular weight is 552 g/mol. The number of ether oxygens (including phenoxy) is 2. The fourth-order valence-corrected chi connectivity index (χ4v) is 4.35. The van der Waals surface area contributed by atoms with Crippen molar-refractivity contribution in [1.29, 1.82) is 0 Å². The van der Waals surface area contributed by atoms with Gasteiger partial charge in [0.25, 0.3) is 0 Å². The second-order valence-corrected chi connectivity index (χ2v) is 8.70. The minimum absolute atomic E-state index is 0.102. The van der Waals surface area contributed by atoms with Crippen LogP contribution >= 0.6 is 0 Å². The minimum Gasteiger partial charge on any atom is -0.504 e. The van der Waals surface area contributed by atoms with Gasteiger partial charge in [-0.05, 0) is 35.4 Å². The molecule has 0 radical (unpaired) electrons. The van der Waals surface area contributed by atoms with Crippen LogP contribution in [0.25, 0.3) is 0 Å². The van der Waals surface area contributed by atoms with Crippen LogP contribution in [-0.2, 0) is 28.7 Å². The molecule has 0 unspecified atom stereocenters. The quantitative estimate of drug-likeness (QED) is 0.248. The SMILES string of the molecule is COC(=O)C[C@H](C1=C(O)C(=O)C([C@@H](CC(=O)OC)c2ccc(C(=O)O)cc2)=C(O)C1=O)c1ccc(C(=O)O)cc1. The molecule has 0 heterocycles. The van der Waals surface area contributed by atoms with Gasteiger partial charge in [-0.25, -0.2) is 9.59 Å². The Bertz CT molecular complexity index is 1330. The fourth-order valence-electron chi connectivity index (χ4n) is 4.35. The van der Waals surface area contributed by atoms with Crippen molar-refractivity contribution in [3.05, 3.63) is 93.4 Å². The number of allylic oxidation sites excluding steroid dienone is 2. The van der Waals surface area contributed by atoms with Crippen LogP contribution in [0.4, 0.5) is 0 Å². The van der Waals surface area contributed by atoms with Crippen LogP contribution in [0.15, 0.2) is 71.2 Å². The molecule has 0 spiro atoms. The van der Waals surface area contributed by atoms with Gasteiger partial charge in [0.2, 0.25) is 11.6 Å². The van der Waals surface area contributed by atoms with Crippen molar-refractivity contribution in [3.63, 3.8) is 0 Å². The maximum atomic E-state index is 13.5. The van der Waals surface area contributed by atoms with E-state index >= 15 is 0 Å². The molecule has 3 rings (SSSR count). The van der Waals surface area contributed by atoms with Gasteiger partial charge in [0.05, 0.1) is 49.3 Å². The molecule has 12 heteroatoms. The summed E-state index contributed by atoms with van der Waals surface area (Å²) in [5.41, 5.74) is -1.12. The van der Waals surface area contributed by atoms with Gasteiger partial charge in [-0.2, -0.15) is 0 Å². The van der Waals surface area contributed by atoms with E-state index in [0.717, 1.165) is 14.2 Å². The molecule has 40 heavy (non-hydrogen) atoms. The van der Waals surface area contributed by atoms with Crippen molar-refractivity contribution in [2.75, 3.05) is 14.2 Å². The smallest absolute Gasteiger partial charge is 0.335 e. The number of esters is 2. The number of aromatic carboxylic acids is 2. The number of carbonyl (C=O) groups is 6. The third kappa shape index (κ3) is 5.90. The lowest BCUT2D eigenvalue weighted by molar-refractivity contribution is -0.142. The van der Waals surface area contributed by atoms with Crippen LogP contribution in [0.2, 0.25) is 0 Å². The number of hydrogen-bond acceptors (Lipinski definition) is 10. The van der Waals surface area contributed by atoms with Crippen molar-refractivity contribution in [3.8, 4) is 0 Å². The molecule has 0 fully saturated rings. The summed E-state index contributed by atoms with van der Waals surface area (Å²) in [5, 5.41) is 40.3. The highest BCUT2D eigenvalue weighted by Crippen LogP contribution is 2.41. The Labute approximate surface area is 226 Å². The van der Waals surface area contributed by atoms with E-state index in [9.17, 15) is 49.2 Å². The van der Waals surface area contributed by atoms with Crippen molar-refractivity contribution < 1.29 is 58.7 Å². The van der Waals surface area contributed by atoms with Crippen molar-refractivity contribution in [2.45, 2.75) is 24.7 Å². The molecule has 0 aliphatic heterocycles. The van der Waals surface area contributed by atoms with Gasteiger partial charge >= 0.3 is 23.9 Å². The molecule has 2 atom stereocenters. The first-order chi connectivity index (χ1) is 18.9. The highest BCUT2D eigenvalue weighted by molar-refractivity contribution is 6.24. The zero-order valence-corrected chi connectivity index (χ0v) is 21.2. The zero-order chi connectivity index (χ0) is 29.7. The standard InChI is InChI=1S/C28H24O12/c1-39-19(29)11-17(13-3-7-15(8-4-13)27(35)36)21-23(31)25(33)22(26(34)24(21)32)18(12-20(30)40-2)14-5-9-16(10-6-14)28(37)38/h3-10,17-18,31,34H,11-12H2,1-2H3,(H,35,36)(H,37,38)/t17-,18-/m0/s1. The van der Waals surface area contributed by atoms with E-state index in [4.69, 9.17) is 0 Å². The molecular weight excluding hydrogens is 528 g/mol. The number of carbonyl (C=O) groups excluding carboxylic acids is 4. The highest BCUT2D eigenvalue weighted by atomic mass is 16.5. The summed E-state index contributed by atoms with van der Waals surface area (Å²) in [4.78, 5) is 73.8. The Morgan fingerprint density at radius 1 is 0.625 bits per heavy atom. The Morgan fingerprint density at radius 3 is 1.18 bits per heavy atom. The Morgan fingerprint density at radius 2 is 0.925 bits per heavy atom. The molecule has 1 aliphatic rings. The molecule has 12 nitrogen and oxygen atoms in total. The highest BCUT2D eigenvalue weighted by Gasteiger charge is 2.43. The summed E-state index contributed by atoms with van der Waals surface area (Å²) >= 11 is 0. The van der Waals surface area contributed by atoms with Crippen LogP contribution in [-0.4, -0.2) is 70.1 Å². The third-order valence-corrected chi connectivity index (χ3v) is 6.44. The number of aliphatic hydroxyl groups is 2. The number of hydrogen-bond donors (Lipinski definition) is 4. The van der Waals surface area contributed by atoms with E-state index in [-0.39, 0.29) is 22.3 Å². The molecule has 0 amide bonds. The topological polar surface area (TPSA) is 202 Å². The molecule has 0 saturated carbocycles. The summed E-state index contributed by atoms with van der Waals surface area (Å²) in [6.45, 7) is 0. The Hall–Kier alpha value is -5.26. The lowest BCUT2D eigenvalue weighted by atomic mass is 9.75. The van der Waals surface area contributed by atoms with Gasteiger partial charge in [0.1, 0.15) is 0 Å². The molecule has 0 saturated heterocycles. The summed E-state index contributed by atoms with van der Waals surface area (Å²) in [6, 6.07) is 9.94. The van der Waals surface area contributed by atoms with Crippen LogP contribution < -0.4 is 0 Å². The number of rotatable bonds is 10. The summed E-state index contributed by atoms with van der Waals surface area (Å²) in [7, 11) is 2.16. The van der Waals surface area contributed by atoms with Crippen LogP contribution in [0.3, 0.4) is 0 Å². The number of ketones is 2. The van der Waals surface area contributed by atoms with Crippen molar-refractivity contribution >= 4 is 35.4 Å². The maximum absolute atomic E-state index is 13.5. The van der Waals surface area contributed by atoms with Gasteiger partial charge in [-0.3, -0.25) is 19.2 Å². The number of carboxylic acids is 2. The molecular formula is C28H24O12. The molecule has 1 aliphatic carbocycles. The maximum Gasteiger partial charge on any atom is 0.335 e. The second-order valence-electron chi connectivity index (χ2n) is 8.70. The lowest BCUT2D eigenvalue weighted by Crippen LogP contribution is -2.31. The number of benzene rings is 2. The number of carboxylic acid groups (broad SMARTS) is 2. The predicted octanol–water partition coefficient (Wildman–Crippen LogP) is 2.85. The van der Waals surface area contributed by atoms with E-state index in [1.165, 1.54) is 48.5 Å². The van der Waals surface area contributed by atoms with Crippen LogP contribution in [0.1, 0.15) is 56.5 Å². The van der Waals surface area contributed by atoms with Crippen LogP contribution in [0, 0.1) is 0 Å². The summed E-state index contributed by atoms with van der Waals surface area (Å²) in [5.74, 6) is -11.4. The lowest BCUT2D eigenvalue weighted by Gasteiger charge is -2.27. The first kappa shape index (κ1) is 29.3. The van der Waals surface area contributed by atoms with E-state index in [1.807, 2.05) is 0 Å². The Kier molecular flexibility index (Phi) is 8.84. The molecule has 0 aromatic heterocycles. The van der Waals surface area contributed by atoms with Crippen molar-refractivity contribution in [1.82, 2.24) is 0 Å². The first-order valence-corrected chi connectivity index (χ1v) is 11.7. The molecule has 2 aromatic rings. The van der Waals surface area contributed by atoms with Gasteiger partial charge in [-0.1, -0.05) is 24.3 Å². The average Bonchev–Trinajstić information content (AvgIpc) is 2.95. The third-order valence-electron chi connectivity index (χ3n) is 6.44. The van der Waals surface area contributed by atoms with Gasteiger partial charge in [0.15, 0.2) is 11.5 Å². The number of methoxy groups -OCH3 is 2. The molecule has 4 N–H and O–H groups in total. The second kappa shape index (κ2) is 12.1. The molecule has 2 aromatic carbocycles. The largest absolute Gasteiger partial charge is 0.504 e. The van der Waals surface area contributed by atoms with Gasteiger partial charge < -0.3 is 29.9 Å². The first-order valence-electron chi connectivity index (χ1n) is 11.7. The van der Waals surface area contributed by atoms with E-state index in [1.54, 1.807) is 0 Å². The van der Waals surface area contributed by atoms with E-state index < -0.39 is 82.8 Å². The monoisotopic (exact) mass is 552 g/mol. The van der Waals surface area contributed by atoms with Crippen molar-refractivity contribution in [2.24, 2.45) is 0 Å². The van der Waals surface area contributed by atoms with E-state index in [0.29, 0.717) is 0 Å². The number of Topliss-reactive ketones (excluding diaryl/α,β-unsaturated/α-hetero) is 2.